The van der Waals surface area contributed by atoms with Crippen molar-refractivity contribution in [2.45, 2.75) is 26.2 Å². The normalized spacial score (nSPS) is 11.9. The van der Waals surface area contributed by atoms with E-state index >= 15 is 0 Å². The Morgan fingerprint density at radius 3 is 2.74 bits per heavy atom. The predicted octanol–water partition coefficient (Wildman–Crippen LogP) is 4.71. The molecule has 4 rings (SSSR count). The molecule has 160 valence electrons. The highest BCUT2D eigenvalue weighted by atomic mass is 79.9. The van der Waals surface area contributed by atoms with Crippen LogP contribution in [0.15, 0.2) is 51.7 Å². The van der Waals surface area contributed by atoms with Crippen molar-refractivity contribution in [1.82, 2.24) is 14.6 Å². The van der Waals surface area contributed by atoms with Crippen LogP contribution in [0.25, 0.3) is 22.4 Å². The third-order valence-corrected chi connectivity index (χ3v) is 6.44. The van der Waals surface area contributed by atoms with Crippen molar-refractivity contribution in [2.75, 3.05) is 13.7 Å². The third kappa shape index (κ3) is 4.65. The zero-order chi connectivity index (χ0) is 21.8. The van der Waals surface area contributed by atoms with Crippen LogP contribution < -0.4 is 19.6 Å². The SMILES string of the molecule is CCCCCOc1ccc(C=c2sc3nc(-c4ccccc4Br)nn3c2=O)cc1OC. The fourth-order valence-electron chi connectivity index (χ4n) is 3.17. The average molecular weight is 500 g/mol. The Morgan fingerprint density at radius 2 is 2.00 bits per heavy atom. The smallest absolute Gasteiger partial charge is 0.291 e. The van der Waals surface area contributed by atoms with Crippen LogP contribution in [0.2, 0.25) is 0 Å². The van der Waals surface area contributed by atoms with Gasteiger partial charge in [0.25, 0.3) is 5.56 Å². The van der Waals surface area contributed by atoms with Gasteiger partial charge in [0, 0.05) is 10.0 Å². The molecule has 2 aromatic carbocycles. The lowest BCUT2D eigenvalue weighted by Gasteiger charge is -2.11. The summed E-state index contributed by atoms with van der Waals surface area (Å²) in [6, 6.07) is 13.3. The standard InChI is InChI=1S/C23H22BrN3O3S/c1-3-4-7-12-30-18-11-10-15(13-19(18)29-2)14-20-22(28)27-23(31-20)25-21(26-27)16-8-5-6-9-17(16)24/h5-6,8-11,13-14H,3-4,7,12H2,1-2H3. The first-order valence-electron chi connectivity index (χ1n) is 10.1. The molecule has 2 aromatic heterocycles. The topological polar surface area (TPSA) is 65.7 Å². The second kappa shape index (κ2) is 9.62. The number of ether oxygens (including phenoxy) is 2. The maximum atomic E-state index is 12.9. The minimum atomic E-state index is -0.190. The summed E-state index contributed by atoms with van der Waals surface area (Å²) in [4.78, 5) is 18.0. The first kappa shape index (κ1) is 21.5. The van der Waals surface area contributed by atoms with Crippen molar-refractivity contribution in [2.24, 2.45) is 0 Å². The van der Waals surface area contributed by atoms with Crippen molar-refractivity contribution in [1.29, 1.82) is 0 Å². The lowest BCUT2D eigenvalue weighted by Crippen LogP contribution is -2.23. The van der Waals surface area contributed by atoms with Gasteiger partial charge in [-0.15, -0.1) is 5.10 Å². The lowest BCUT2D eigenvalue weighted by atomic mass is 10.2. The molecule has 0 aliphatic heterocycles. The molecule has 0 unspecified atom stereocenters. The summed E-state index contributed by atoms with van der Waals surface area (Å²) >= 11 is 4.82. The Balaban J connectivity index is 1.63. The van der Waals surface area contributed by atoms with E-state index in [0.29, 0.717) is 33.4 Å². The number of nitrogens with zero attached hydrogens (tertiary/aromatic N) is 3. The Kier molecular flexibility index (Phi) is 6.67. The molecule has 2 heterocycles. The Labute approximate surface area is 192 Å². The number of unbranched alkanes of at least 4 members (excludes halogenated alkanes) is 2. The van der Waals surface area contributed by atoms with Gasteiger partial charge >= 0.3 is 0 Å². The van der Waals surface area contributed by atoms with Crippen LogP contribution >= 0.6 is 27.3 Å². The zero-order valence-corrected chi connectivity index (χ0v) is 19.7. The average Bonchev–Trinajstić information content (AvgIpc) is 3.31. The molecule has 0 aliphatic carbocycles. The number of hydrogen-bond acceptors (Lipinski definition) is 6. The molecule has 0 spiro atoms. The number of rotatable bonds is 8. The number of thiazole rings is 1. The van der Waals surface area contributed by atoms with Gasteiger partial charge in [-0.2, -0.15) is 9.50 Å². The summed E-state index contributed by atoms with van der Waals surface area (Å²) in [6.07, 6.45) is 5.12. The third-order valence-electron chi connectivity index (χ3n) is 4.79. The Bertz CT molecular complexity index is 1320. The fraction of sp³-hybridized carbons (Fsp3) is 0.261. The molecule has 6 nitrogen and oxygen atoms in total. The van der Waals surface area contributed by atoms with Crippen molar-refractivity contribution in [3.05, 3.63) is 67.4 Å². The van der Waals surface area contributed by atoms with Gasteiger partial charge in [-0.05, 0) is 42.3 Å². The van der Waals surface area contributed by atoms with Gasteiger partial charge in [-0.1, -0.05) is 65.2 Å². The predicted molar refractivity (Wildman–Crippen MR) is 127 cm³/mol. The molecule has 0 radical (unpaired) electrons. The van der Waals surface area contributed by atoms with Gasteiger partial charge < -0.3 is 9.47 Å². The number of fused-ring (bicyclic) bond motifs is 1. The first-order valence-corrected chi connectivity index (χ1v) is 11.7. The summed E-state index contributed by atoms with van der Waals surface area (Å²) in [5.74, 6) is 1.88. The monoisotopic (exact) mass is 499 g/mol. The largest absolute Gasteiger partial charge is 0.493 e. The summed E-state index contributed by atoms with van der Waals surface area (Å²) in [5.41, 5.74) is 1.51. The van der Waals surface area contributed by atoms with E-state index in [1.54, 1.807) is 7.11 Å². The molecule has 0 saturated carbocycles. The van der Waals surface area contributed by atoms with Gasteiger partial charge in [-0.3, -0.25) is 4.79 Å². The maximum Gasteiger partial charge on any atom is 0.291 e. The van der Waals surface area contributed by atoms with E-state index < -0.39 is 0 Å². The highest BCUT2D eigenvalue weighted by Gasteiger charge is 2.14. The highest BCUT2D eigenvalue weighted by Crippen LogP contribution is 2.29. The van der Waals surface area contributed by atoms with Crippen LogP contribution in [0, 0.1) is 0 Å². The molecular weight excluding hydrogens is 478 g/mol. The molecule has 0 fully saturated rings. The summed E-state index contributed by atoms with van der Waals surface area (Å²) in [6.45, 7) is 2.82. The molecule has 0 amide bonds. The van der Waals surface area contributed by atoms with Crippen LogP contribution in [-0.2, 0) is 0 Å². The minimum Gasteiger partial charge on any atom is -0.493 e. The highest BCUT2D eigenvalue weighted by molar-refractivity contribution is 9.10. The molecule has 8 heteroatoms. The molecular formula is C23H22BrN3O3S. The van der Waals surface area contributed by atoms with Gasteiger partial charge in [0.1, 0.15) is 0 Å². The van der Waals surface area contributed by atoms with Crippen molar-refractivity contribution in [3.8, 4) is 22.9 Å². The van der Waals surface area contributed by atoms with E-state index in [0.717, 1.165) is 34.9 Å². The maximum absolute atomic E-state index is 12.9. The second-order valence-electron chi connectivity index (χ2n) is 6.99. The van der Waals surface area contributed by atoms with E-state index in [1.165, 1.54) is 15.9 Å². The van der Waals surface area contributed by atoms with E-state index in [4.69, 9.17) is 9.47 Å². The number of methoxy groups -OCH3 is 1. The second-order valence-corrected chi connectivity index (χ2v) is 8.85. The lowest BCUT2D eigenvalue weighted by molar-refractivity contribution is 0.286. The van der Waals surface area contributed by atoms with Crippen molar-refractivity contribution >= 4 is 38.3 Å². The quantitative estimate of drug-likeness (QED) is 0.328. The number of halogens is 1. The van der Waals surface area contributed by atoms with Crippen molar-refractivity contribution in [3.63, 3.8) is 0 Å². The molecule has 0 N–H and O–H groups in total. The molecule has 4 aromatic rings. The number of hydrogen-bond donors (Lipinski definition) is 0. The zero-order valence-electron chi connectivity index (χ0n) is 17.3. The van der Waals surface area contributed by atoms with E-state index in [2.05, 4.69) is 32.9 Å². The molecule has 0 saturated heterocycles. The van der Waals surface area contributed by atoms with Crippen molar-refractivity contribution < 1.29 is 9.47 Å². The van der Waals surface area contributed by atoms with Gasteiger partial charge in [-0.25, -0.2) is 0 Å². The minimum absolute atomic E-state index is 0.190. The van der Waals surface area contributed by atoms with Gasteiger partial charge in [0.2, 0.25) is 4.96 Å². The molecule has 0 aliphatic rings. The number of benzene rings is 2. The van der Waals surface area contributed by atoms with Gasteiger partial charge in [0.05, 0.1) is 18.2 Å². The Morgan fingerprint density at radius 1 is 1.16 bits per heavy atom. The summed E-state index contributed by atoms with van der Waals surface area (Å²) in [5, 5.41) is 4.41. The summed E-state index contributed by atoms with van der Waals surface area (Å²) < 4.78 is 14.1. The van der Waals surface area contributed by atoms with Crippen LogP contribution in [-0.4, -0.2) is 28.3 Å². The first-order chi connectivity index (χ1) is 15.1. The van der Waals surface area contributed by atoms with Gasteiger partial charge in [0.15, 0.2) is 17.3 Å². The van der Waals surface area contributed by atoms with E-state index in [1.807, 2.05) is 48.5 Å². The Hall–Kier alpha value is -2.71. The molecule has 0 bridgehead atoms. The molecule has 31 heavy (non-hydrogen) atoms. The van der Waals surface area contributed by atoms with Crippen LogP contribution in [0.3, 0.4) is 0 Å². The van der Waals surface area contributed by atoms with Crippen LogP contribution in [0.1, 0.15) is 31.7 Å². The fourth-order valence-corrected chi connectivity index (χ4v) is 4.54. The number of aromatic nitrogens is 3. The van der Waals surface area contributed by atoms with E-state index in [-0.39, 0.29) is 5.56 Å². The van der Waals surface area contributed by atoms with Crippen LogP contribution in [0.4, 0.5) is 0 Å². The van der Waals surface area contributed by atoms with E-state index in [9.17, 15) is 4.79 Å². The summed E-state index contributed by atoms with van der Waals surface area (Å²) in [7, 11) is 1.61. The molecule has 0 atom stereocenters. The van der Waals surface area contributed by atoms with Crippen LogP contribution in [0.5, 0.6) is 11.5 Å².